The maximum atomic E-state index is 10.4. The molecule has 1 N–H and O–H groups in total. The smallest absolute Gasteiger partial charge is 0.240 e. The summed E-state index contributed by atoms with van der Waals surface area (Å²) >= 11 is 0. The minimum atomic E-state index is 0.152. The first-order valence-electron chi connectivity index (χ1n) is 6.71. The summed E-state index contributed by atoms with van der Waals surface area (Å²) in [5, 5.41) is 10.7. The summed E-state index contributed by atoms with van der Waals surface area (Å²) in [6.07, 6.45) is 5.18. The van der Waals surface area contributed by atoms with Gasteiger partial charge in [-0.2, -0.15) is 4.99 Å². The third kappa shape index (κ3) is 2.77. The van der Waals surface area contributed by atoms with Crippen molar-refractivity contribution in [1.29, 1.82) is 0 Å². The van der Waals surface area contributed by atoms with Crippen LogP contribution in [0.15, 0.2) is 59.6 Å². The first-order valence-corrected chi connectivity index (χ1v) is 6.71. The summed E-state index contributed by atoms with van der Waals surface area (Å²) in [6.45, 7) is 0. The molecule has 0 aliphatic heterocycles. The lowest BCUT2D eigenvalue weighted by Crippen LogP contribution is -1.84. The average Bonchev–Trinajstić information content (AvgIpc) is 2.55. The molecule has 1 aromatic heterocycles. The van der Waals surface area contributed by atoms with Gasteiger partial charge in [0.25, 0.3) is 0 Å². The topological polar surface area (TPSA) is 62.5 Å². The second-order valence-electron chi connectivity index (χ2n) is 4.68. The highest BCUT2D eigenvalue weighted by Crippen LogP contribution is 2.24. The largest absolute Gasteiger partial charge is 0.506 e. The van der Waals surface area contributed by atoms with Crippen LogP contribution in [0.4, 0.5) is 5.69 Å². The zero-order valence-corrected chi connectivity index (χ0v) is 11.6. The van der Waals surface area contributed by atoms with Gasteiger partial charge in [-0.25, -0.2) is 9.78 Å². The normalized spacial score (nSPS) is 10.7. The van der Waals surface area contributed by atoms with Gasteiger partial charge >= 0.3 is 0 Å². The Bertz CT molecular complexity index is 910. The van der Waals surface area contributed by atoms with Crippen molar-refractivity contribution in [1.82, 2.24) is 4.98 Å². The van der Waals surface area contributed by atoms with Gasteiger partial charge in [-0.3, -0.25) is 0 Å². The number of rotatable bonds is 3. The van der Waals surface area contributed by atoms with Gasteiger partial charge < -0.3 is 5.11 Å². The summed E-state index contributed by atoms with van der Waals surface area (Å²) in [5.41, 5.74) is 2.62. The quantitative estimate of drug-likeness (QED) is 0.583. The Morgan fingerprint density at radius 2 is 1.86 bits per heavy atom. The molecule has 0 fully saturated rings. The molecule has 0 radical (unpaired) electrons. The van der Waals surface area contributed by atoms with E-state index in [2.05, 4.69) is 9.98 Å². The van der Waals surface area contributed by atoms with Crippen molar-refractivity contribution in [2.75, 3.05) is 0 Å². The maximum absolute atomic E-state index is 10.4. The zero-order valence-electron chi connectivity index (χ0n) is 11.6. The summed E-state index contributed by atoms with van der Waals surface area (Å²) in [4.78, 5) is 18.5. The predicted octanol–water partition coefficient (Wildman–Crippen LogP) is 4.08. The maximum Gasteiger partial charge on any atom is 0.240 e. The van der Waals surface area contributed by atoms with Crippen LogP contribution >= 0.6 is 0 Å². The van der Waals surface area contributed by atoms with Gasteiger partial charge in [0.05, 0.1) is 11.4 Å². The lowest BCUT2D eigenvalue weighted by atomic mass is 10.1. The second kappa shape index (κ2) is 6.04. The number of nitrogens with zero attached hydrogens (tertiary/aromatic N) is 2. The number of pyridine rings is 1. The van der Waals surface area contributed by atoms with E-state index in [1.807, 2.05) is 42.5 Å². The van der Waals surface area contributed by atoms with Gasteiger partial charge in [0, 0.05) is 10.9 Å². The molecule has 0 aliphatic carbocycles. The Labute approximate surface area is 127 Å². The van der Waals surface area contributed by atoms with E-state index in [1.54, 1.807) is 30.3 Å². The Morgan fingerprint density at radius 1 is 1.00 bits per heavy atom. The van der Waals surface area contributed by atoms with E-state index >= 15 is 0 Å². The molecular weight excluding hydrogens is 276 g/mol. The van der Waals surface area contributed by atoms with E-state index in [4.69, 9.17) is 0 Å². The van der Waals surface area contributed by atoms with E-state index < -0.39 is 0 Å². The Balaban J connectivity index is 1.99. The van der Waals surface area contributed by atoms with E-state index in [1.165, 1.54) is 0 Å². The molecule has 106 valence electrons. The highest BCUT2D eigenvalue weighted by molar-refractivity contribution is 5.86. The molecule has 2 aromatic carbocycles. The molecule has 1 heterocycles. The molecule has 0 amide bonds. The lowest BCUT2D eigenvalue weighted by molar-refractivity contribution is 0.480. The Hall–Kier alpha value is -3.23. The predicted molar refractivity (Wildman–Crippen MR) is 86.6 cm³/mol. The number of aliphatic imine (C=N–C) groups is 1. The van der Waals surface area contributed by atoms with Gasteiger partial charge in [-0.15, -0.1) is 0 Å². The van der Waals surface area contributed by atoms with E-state index in [0.717, 1.165) is 10.9 Å². The number of aromatic nitrogens is 1. The lowest BCUT2D eigenvalue weighted by Gasteiger charge is -2.01. The van der Waals surface area contributed by atoms with Crippen molar-refractivity contribution in [2.45, 2.75) is 0 Å². The monoisotopic (exact) mass is 288 g/mol. The number of carbonyl (C=O) groups excluding carboxylic acids is 1. The third-order valence-electron chi connectivity index (χ3n) is 3.26. The average molecular weight is 288 g/mol. The van der Waals surface area contributed by atoms with E-state index in [-0.39, 0.29) is 5.75 Å². The fraction of sp³-hybridized carbons (Fsp3) is 0. The second-order valence-corrected chi connectivity index (χ2v) is 4.68. The molecule has 0 spiro atoms. The van der Waals surface area contributed by atoms with Gasteiger partial charge in [-0.1, -0.05) is 42.5 Å². The number of phenols is 1. The molecule has 3 aromatic rings. The number of para-hydroxylation sites is 2. The van der Waals surface area contributed by atoms with Gasteiger partial charge in [0.15, 0.2) is 0 Å². The number of benzene rings is 2. The molecule has 4 nitrogen and oxygen atoms in total. The van der Waals surface area contributed by atoms with Crippen LogP contribution in [0.2, 0.25) is 0 Å². The summed E-state index contributed by atoms with van der Waals surface area (Å²) in [6, 6.07) is 16.3. The molecule has 0 bridgehead atoms. The number of hydrogen-bond donors (Lipinski definition) is 1. The molecule has 22 heavy (non-hydrogen) atoms. The van der Waals surface area contributed by atoms with Crippen molar-refractivity contribution in [3.8, 4) is 5.75 Å². The van der Waals surface area contributed by atoms with E-state index in [0.29, 0.717) is 16.9 Å². The van der Waals surface area contributed by atoms with Crippen LogP contribution < -0.4 is 0 Å². The molecule has 0 aliphatic rings. The highest BCUT2D eigenvalue weighted by Gasteiger charge is 2.01. The zero-order chi connectivity index (χ0) is 15.4. The number of fused-ring (bicyclic) bond motifs is 1. The van der Waals surface area contributed by atoms with Gasteiger partial charge in [0.1, 0.15) is 11.3 Å². The number of isocyanates is 1. The Morgan fingerprint density at radius 3 is 2.73 bits per heavy atom. The number of aromatic hydroxyl groups is 1. The minimum Gasteiger partial charge on any atom is -0.506 e. The standard InChI is InChI=1S/C18H12N2O2/c21-12-19-16-6-2-1-4-13(16)8-10-15-11-9-14-5-3-7-17(22)18(14)20-15/h1-11,22H. The third-order valence-corrected chi connectivity index (χ3v) is 3.26. The van der Waals surface area contributed by atoms with Gasteiger partial charge in [-0.05, 0) is 24.3 Å². The van der Waals surface area contributed by atoms with Crippen LogP contribution in [0, 0.1) is 0 Å². The summed E-state index contributed by atoms with van der Waals surface area (Å²) in [7, 11) is 0. The Kier molecular flexibility index (Phi) is 3.77. The number of hydrogen-bond acceptors (Lipinski definition) is 4. The van der Waals surface area contributed by atoms with E-state index in [9.17, 15) is 9.90 Å². The molecule has 0 saturated carbocycles. The molecule has 0 saturated heterocycles. The van der Waals surface area contributed by atoms with Gasteiger partial charge in [0.2, 0.25) is 6.08 Å². The molecule has 0 unspecified atom stereocenters. The van der Waals surface area contributed by atoms with Crippen molar-refractivity contribution in [2.24, 2.45) is 4.99 Å². The fourth-order valence-electron chi connectivity index (χ4n) is 2.19. The molecular formula is C18H12N2O2. The molecule has 4 heteroatoms. The van der Waals surface area contributed by atoms with Crippen molar-refractivity contribution >= 4 is 34.8 Å². The van der Waals surface area contributed by atoms with Crippen LogP contribution in [-0.2, 0) is 4.79 Å². The van der Waals surface area contributed by atoms with Crippen molar-refractivity contribution in [3.63, 3.8) is 0 Å². The SMILES string of the molecule is O=C=Nc1ccccc1C=Cc1ccc2cccc(O)c2n1. The first-order chi connectivity index (χ1) is 10.8. The minimum absolute atomic E-state index is 0.152. The first kappa shape index (κ1) is 13.7. The highest BCUT2D eigenvalue weighted by atomic mass is 16.3. The fourth-order valence-corrected chi connectivity index (χ4v) is 2.19. The van der Waals surface area contributed by atoms with Crippen LogP contribution in [0.5, 0.6) is 5.75 Å². The van der Waals surface area contributed by atoms with Crippen LogP contribution in [0.25, 0.3) is 23.1 Å². The van der Waals surface area contributed by atoms with Crippen molar-refractivity contribution < 1.29 is 9.90 Å². The van der Waals surface area contributed by atoms with Crippen LogP contribution in [0.3, 0.4) is 0 Å². The molecule has 3 rings (SSSR count). The summed E-state index contributed by atoms with van der Waals surface area (Å²) in [5.74, 6) is 0.152. The van der Waals surface area contributed by atoms with Crippen molar-refractivity contribution in [3.05, 3.63) is 65.9 Å². The van der Waals surface area contributed by atoms with Crippen LogP contribution in [-0.4, -0.2) is 16.2 Å². The van der Waals surface area contributed by atoms with Crippen LogP contribution in [0.1, 0.15) is 11.3 Å². The molecule has 0 atom stereocenters. The summed E-state index contributed by atoms with van der Waals surface area (Å²) < 4.78 is 0. The number of phenolic OH excluding ortho intramolecular Hbond substituents is 1.